The quantitative estimate of drug-likeness (QED) is 0.682. The van der Waals surface area contributed by atoms with Gasteiger partial charge in [0.25, 0.3) is 0 Å². The zero-order chi connectivity index (χ0) is 17.2. The summed E-state index contributed by atoms with van der Waals surface area (Å²) in [4.78, 5) is 7.04. The molecule has 0 radical (unpaired) electrons. The lowest BCUT2D eigenvalue weighted by atomic mass is 10.1. The third-order valence-corrected chi connectivity index (χ3v) is 5.17. The summed E-state index contributed by atoms with van der Waals surface area (Å²) < 4.78 is 5.57. The van der Waals surface area contributed by atoms with E-state index < -0.39 is 0 Å². The molecule has 4 rings (SSSR count). The maximum absolute atomic E-state index is 6.27. The number of likely N-dealkylation sites (tertiary alicyclic amines) is 1. The molecule has 2 aromatic carbocycles. The maximum atomic E-state index is 6.27. The van der Waals surface area contributed by atoms with Crippen LogP contribution < -0.4 is 0 Å². The maximum Gasteiger partial charge on any atom is 0.231 e. The Morgan fingerprint density at radius 2 is 1.96 bits per heavy atom. The van der Waals surface area contributed by atoms with Crippen molar-refractivity contribution in [1.82, 2.24) is 15.0 Å². The van der Waals surface area contributed by atoms with Gasteiger partial charge >= 0.3 is 0 Å². The Kier molecular flexibility index (Phi) is 4.55. The van der Waals surface area contributed by atoms with Gasteiger partial charge in [-0.25, -0.2) is 0 Å². The normalized spacial score (nSPS) is 17.9. The third kappa shape index (κ3) is 3.46. The first-order chi connectivity index (χ1) is 12.2. The zero-order valence-electron chi connectivity index (χ0n) is 14.2. The van der Waals surface area contributed by atoms with E-state index in [4.69, 9.17) is 16.1 Å². The highest BCUT2D eigenvalue weighted by atomic mass is 35.5. The van der Waals surface area contributed by atoms with Gasteiger partial charge < -0.3 is 4.52 Å². The lowest BCUT2D eigenvalue weighted by Crippen LogP contribution is -2.20. The Morgan fingerprint density at radius 3 is 2.80 bits per heavy atom. The van der Waals surface area contributed by atoms with Crippen LogP contribution in [0, 0.1) is 6.92 Å². The number of nitrogens with zero attached hydrogens (tertiary/aromatic N) is 3. The van der Waals surface area contributed by atoms with Gasteiger partial charge in [-0.1, -0.05) is 59.2 Å². The molecule has 0 unspecified atom stereocenters. The summed E-state index contributed by atoms with van der Waals surface area (Å²) in [6, 6.07) is 16.1. The van der Waals surface area contributed by atoms with Crippen molar-refractivity contribution in [2.24, 2.45) is 0 Å². The second-order valence-corrected chi connectivity index (χ2v) is 6.99. The van der Waals surface area contributed by atoms with Crippen LogP contribution in [0.3, 0.4) is 0 Å². The molecule has 128 valence electrons. The van der Waals surface area contributed by atoms with Crippen LogP contribution in [0.2, 0.25) is 5.02 Å². The highest BCUT2D eigenvalue weighted by Crippen LogP contribution is 2.30. The highest BCUT2D eigenvalue weighted by Gasteiger charge is 2.29. The summed E-state index contributed by atoms with van der Waals surface area (Å²) in [6.07, 6.45) is 1.03. The highest BCUT2D eigenvalue weighted by molar-refractivity contribution is 6.31. The Hall–Kier alpha value is -2.17. The van der Waals surface area contributed by atoms with Gasteiger partial charge in [-0.2, -0.15) is 4.98 Å². The fraction of sp³-hybridized carbons (Fsp3) is 0.300. The minimum Gasteiger partial charge on any atom is -0.339 e. The lowest BCUT2D eigenvalue weighted by Gasteiger charge is -2.16. The van der Waals surface area contributed by atoms with Crippen molar-refractivity contribution in [3.8, 4) is 11.4 Å². The van der Waals surface area contributed by atoms with Gasteiger partial charge in [-0.05, 0) is 37.1 Å². The molecule has 1 aliphatic rings. The molecule has 0 amide bonds. The van der Waals surface area contributed by atoms with E-state index in [0.717, 1.165) is 53.7 Å². The predicted octanol–water partition coefficient (Wildman–Crippen LogP) is 4.69. The number of hydrogen-bond acceptors (Lipinski definition) is 4. The second-order valence-electron chi connectivity index (χ2n) is 6.58. The van der Waals surface area contributed by atoms with E-state index in [0.29, 0.717) is 5.82 Å². The van der Waals surface area contributed by atoms with Crippen molar-refractivity contribution >= 4 is 11.6 Å². The number of aromatic nitrogens is 2. The molecule has 25 heavy (non-hydrogen) atoms. The summed E-state index contributed by atoms with van der Waals surface area (Å²) in [7, 11) is 0. The van der Waals surface area contributed by atoms with Gasteiger partial charge in [-0.3, -0.25) is 4.90 Å². The first-order valence-electron chi connectivity index (χ1n) is 8.56. The third-order valence-electron chi connectivity index (χ3n) is 4.80. The lowest BCUT2D eigenvalue weighted by molar-refractivity contribution is 0.309. The molecule has 2 heterocycles. The van der Waals surface area contributed by atoms with Crippen LogP contribution in [0.4, 0.5) is 0 Å². The minimum absolute atomic E-state index is 0.285. The Bertz CT molecular complexity index is 877. The van der Waals surface area contributed by atoms with E-state index in [-0.39, 0.29) is 5.92 Å². The van der Waals surface area contributed by atoms with Crippen LogP contribution in [0.5, 0.6) is 0 Å². The summed E-state index contributed by atoms with van der Waals surface area (Å²) >= 11 is 6.27. The van der Waals surface area contributed by atoms with Crippen molar-refractivity contribution in [2.45, 2.75) is 25.8 Å². The molecule has 1 aromatic heterocycles. The Labute approximate surface area is 152 Å². The Balaban J connectivity index is 1.46. The molecule has 0 N–H and O–H groups in total. The van der Waals surface area contributed by atoms with E-state index in [1.807, 2.05) is 36.4 Å². The smallest absolute Gasteiger partial charge is 0.231 e. The van der Waals surface area contributed by atoms with Crippen LogP contribution in [-0.2, 0) is 6.54 Å². The van der Waals surface area contributed by atoms with Crippen LogP contribution in [0.1, 0.15) is 29.4 Å². The molecule has 0 spiro atoms. The van der Waals surface area contributed by atoms with Crippen molar-refractivity contribution in [1.29, 1.82) is 0 Å². The SMILES string of the molecule is Cc1ccccc1-c1noc([C@H]2CCN(Cc3ccccc3Cl)C2)n1. The molecule has 0 saturated carbocycles. The Morgan fingerprint density at radius 1 is 1.16 bits per heavy atom. The monoisotopic (exact) mass is 353 g/mol. The predicted molar refractivity (Wildman–Crippen MR) is 98.6 cm³/mol. The average Bonchev–Trinajstić information content (AvgIpc) is 3.27. The van der Waals surface area contributed by atoms with Crippen molar-refractivity contribution < 1.29 is 4.52 Å². The molecule has 1 fully saturated rings. The van der Waals surface area contributed by atoms with Gasteiger partial charge in [0, 0.05) is 23.7 Å². The first-order valence-corrected chi connectivity index (χ1v) is 8.94. The standard InChI is InChI=1S/C20H20ClN3O/c1-14-6-2-4-8-17(14)19-22-20(25-23-19)16-10-11-24(13-16)12-15-7-3-5-9-18(15)21/h2-9,16H,10-13H2,1H3/t16-/m0/s1. The van der Waals surface area contributed by atoms with Crippen molar-refractivity contribution in [3.05, 3.63) is 70.6 Å². The zero-order valence-corrected chi connectivity index (χ0v) is 14.9. The average molecular weight is 354 g/mol. The van der Waals surface area contributed by atoms with Crippen LogP contribution in [0.25, 0.3) is 11.4 Å². The van der Waals surface area contributed by atoms with E-state index in [1.54, 1.807) is 0 Å². The van der Waals surface area contributed by atoms with E-state index in [9.17, 15) is 0 Å². The van der Waals surface area contributed by atoms with Crippen LogP contribution in [0.15, 0.2) is 53.1 Å². The summed E-state index contributed by atoms with van der Waals surface area (Å²) in [5.41, 5.74) is 3.35. The molecule has 4 nitrogen and oxygen atoms in total. The molecule has 3 aromatic rings. The van der Waals surface area contributed by atoms with Gasteiger partial charge in [0.2, 0.25) is 11.7 Å². The van der Waals surface area contributed by atoms with Gasteiger partial charge in [-0.15, -0.1) is 0 Å². The molecule has 0 bridgehead atoms. The van der Waals surface area contributed by atoms with Crippen LogP contribution >= 0.6 is 11.6 Å². The molecule has 1 saturated heterocycles. The van der Waals surface area contributed by atoms with E-state index >= 15 is 0 Å². The molecule has 1 atom stereocenters. The first kappa shape index (κ1) is 16.3. The van der Waals surface area contributed by atoms with E-state index in [2.05, 4.69) is 34.1 Å². The largest absolute Gasteiger partial charge is 0.339 e. The number of aryl methyl sites for hydroxylation is 1. The van der Waals surface area contributed by atoms with Gasteiger partial charge in [0.1, 0.15) is 0 Å². The molecule has 1 aliphatic heterocycles. The molecular formula is C20H20ClN3O. The van der Waals surface area contributed by atoms with Gasteiger partial charge in [0.05, 0.1) is 5.92 Å². The molecular weight excluding hydrogens is 334 g/mol. The topological polar surface area (TPSA) is 42.2 Å². The number of benzene rings is 2. The van der Waals surface area contributed by atoms with E-state index in [1.165, 1.54) is 0 Å². The fourth-order valence-electron chi connectivity index (χ4n) is 3.38. The summed E-state index contributed by atoms with van der Waals surface area (Å²) in [6.45, 7) is 4.85. The minimum atomic E-state index is 0.285. The number of halogens is 1. The van der Waals surface area contributed by atoms with Gasteiger partial charge in [0.15, 0.2) is 0 Å². The molecule has 0 aliphatic carbocycles. The van der Waals surface area contributed by atoms with Crippen molar-refractivity contribution in [3.63, 3.8) is 0 Å². The fourth-order valence-corrected chi connectivity index (χ4v) is 3.58. The summed E-state index contributed by atoms with van der Waals surface area (Å²) in [5, 5.41) is 5.01. The number of hydrogen-bond donors (Lipinski definition) is 0. The summed E-state index contributed by atoms with van der Waals surface area (Å²) in [5.74, 6) is 1.70. The number of rotatable bonds is 4. The molecule has 5 heteroatoms. The second kappa shape index (κ2) is 6.98. The van der Waals surface area contributed by atoms with Crippen molar-refractivity contribution in [2.75, 3.05) is 13.1 Å². The van der Waals surface area contributed by atoms with Crippen LogP contribution in [-0.4, -0.2) is 28.1 Å².